The zero-order chi connectivity index (χ0) is 7.23. The van der Waals surface area contributed by atoms with E-state index in [1.807, 2.05) is 18.2 Å². The topological polar surface area (TPSA) is 17.1 Å². The van der Waals surface area contributed by atoms with E-state index < -0.39 is 0 Å². The third kappa shape index (κ3) is 2.02. The van der Waals surface area contributed by atoms with Crippen molar-refractivity contribution < 1.29 is 4.79 Å². The molecule has 0 N–H and O–H groups in total. The van der Waals surface area contributed by atoms with Crippen LogP contribution in [-0.4, -0.2) is 6.29 Å². The Kier molecular flexibility index (Phi) is 2.68. The van der Waals surface area contributed by atoms with E-state index in [1.165, 1.54) is 0 Å². The van der Waals surface area contributed by atoms with Crippen molar-refractivity contribution in [3.05, 3.63) is 36.5 Å². The van der Waals surface area contributed by atoms with Crippen LogP contribution in [0.3, 0.4) is 0 Å². The fraction of sp³-hybridized carbons (Fsp3) is 0.222. The monoisotopic (exact) mass is 134 g/mol. The quantitative estimate of drug-likeness (QED) is 0.416. The van der Waals surface area contributed by atoms with Crippen LogP contribution in [0.2, 0.25) is 0 Å². The largest absolute Gasteiger partial charge is 0.299 e. The minimum atomic E-state index is 0.426. The fourth-order valence-corrected chi connectivity index (χ4v) is 0.931. The number of aldehydes is 1. The zero-order valence-electron chi connectivity index (χ0n) is 5.73. The zero-order valence-corrected chi connectivity index (χ0v) is 5.73. The second-order valence-corrected chi connectivity index (χ2v) is 2.23. The van der Waals surface area contributed by atoms with Crippen molar-refractivity contribution in [3.63, 3.8) is 0 Å². The first-order valence-corrected chi connectivity index (χ1v) is 3.39. The van der Waals surface area contributed by atoms with E-state index in [-0.39, 0.29) is 0 Å². The van der Waals surface area contributed by atoms with E-state index in [9.17, 15) is 4.79 Å². The molecule has 0 saturated heterocycles. The summed E-state index contributed by atoms with van der Waals surface area (Å²) in [6.45, 7) is 0. The van der Waals surface area contributed by atoms with Gasteiger partial charge in [-0.2, -0.15) is 0 Å². The van der Waals surface area contributed by atoms with Gasteiger partial charge in [-0.3, -0.25) is 4.79 Å². The molecule has 0 bridgehead atoms. The van der Waals surface area contributed by atoms with Gasteiger partial charge in [0.05, 0.1) is 0 Å². The normalized spacial score (nSPS) is 23.8. The van der Waals surface area contributed by atoms with Gasteiger partial charge in [0.15, 0.2) is 0 Å². The van der Waals surface area contributed by atoms with E-state index in [0.717, 1.165) is 12.7 Å². The molecule has 0 fully saturated rings. The fourth-order valence-electron chi connectivity index (χ4n) is 0.931. The number of carbonyl (C=O) groups excluding carboxylic acids is 1. The molecule has 0 spiro atoms. The molecule has 0 aromatic carbocycles. The molecule has 1 atom stereocenters. The average Bonchev–Trinajstić information content (AvgIpc) is 2.03. The van der Waals surface area contributed by atoms with Crippen molar-refractivity contribution in [2.75, 3.05) is 0 Å². The average molecular weight is 134 g/mol. The summed E-state index contributed by atoms with van der Waals surface area (Å²) < 4.78 is 0. The van der Waals surface area contributed by atoms with Crippen LogP contribution >= 0.6 is 0 Å². The number of hydrogen-bond acceptors (Lipinski definition) is 1. The number of allylic oxidation sites excluding steroid dienone is 6. The highest BCUT2D eigenvalue weighted by molar-refractivity contribution is 5.64. The van der Waals surface area contributed by atoms with Gasteiger partial charge in [0, 0.05) is 0 Å². The summed E-state index contributed by atoms with van der Waals surface area (Å²) in [5.41, 5.74) is 0. The molecular formula is C9H10O. The molecular weight excluding hydrogens is 124 g/mol. The van der Waals surface area contributed by atoms with Gasteiger partial charge in [-0.25, -0.2) is 0 Å². The van der Waals surface area contributed by atoms with Gasteiger partial charge in [0.1, 0.15) is 6.29 Å². The van der Waals surface area contributed by atoms with Gasteiger partial charge >= 0.3 is 0 Å². The summed E-state index contributed by atoms with van der Waals surface area (Å²) in [7, 11) is 0. The summed E-state index contributed by atoms with van der Waals surface area (Å²) in [6.07, 6.45) is 13.5. The Labute approximate surface area is 60.7 Å². The smallest absolute Gasteiger partial charge is 0.142 e. The van der Waals surface area contributed by atoms with Crippen LogP contribution in [0.25, 0.3) is 0 Å². The first-order valence-electron chi connectivity index (χ1n) is 3.39. The lowest BCUT2D eigenvalue weighted by atomic mass is 10.0. The van der Waals surface area contributed by atoms with E-state index in [2.05, 4.69) is 12.2 Å². The maximum absolute atomic E-state index is 9.92. The second kappa shape index (κ2) is 3.83. The molecule has 0 aromatic heterocycles. The molecule has 0 radical (unpaired) electrons. The van der Waals surface area contributed by atoms with E-state index >= 15 is 0 Å². The SMILES string of the molecule is O=C/C=C/C1C=CC=CC1. The van der Waals surface area contributed by atoms with Gasteiger partial charge in [-0.15, -0.1) is 0 Å². The van der Waals surface area contributed by atoms with Crippen molar-refractivity contribution in [1.29, 1.82) is 0 Å². The molecule has 1 unspecified atom stereocenters. The van der Waals surface area contributed by atoms with Crippen LogP contribution in [-0.2, 0) is 4.79 Å². The minimum Gasteiger partial charge on any atom is -0.299 e. The number of rotatable bonds is 2. The van der Waals surface area contributed by atoms with Crippen LogP contribution in [0.4, 0.5) is 0 Å². The Morgan fingerprint density at radius 3 is 2.90 bits per heavy atom. The van der Waals surface area contributed by atoms with E-state index in [4.69, 9.17) is 0 Å². The molecule has 0 heterocycles. The summed E-state index contributed by atoms with van der Waals surface area (Å²) >= 11 is 0. The van der Waals surface area contributed by atoms with Crippen LogP contribution in [0.15, 0.2) is 36.5 Å². The summed E-state index contributed by atoms with van der Waals surface area (Å²) in [5, 5.41) is 0. The Morgan fingerprint density at radius 2 is 2.30 bits per heavy atom. The highest BCUT2D eigenvalue weighted by Crippen LogP contribution is 2.11. The molecule has 0 amide bonds. The molecule has 1 rings (SSSR count). The van der Waals surface area contributed by atoms with Crippen LogP contribution in [0, 0.1) is 5.92 Å². The highest BCUT2D eigenvalue weighted by Gasteiger charge is 1.97. The molecule has 0 saturated carbocycles. The summed E-state index contributed by atoms with van der Waals surface area (Å²) in [6, 6.07) is 0. The van der Waals surface area contributed by atoms with Gasteiger partial charge < -0.3 is 0 Å². The van der Waals surface area contributed by atoms with Gasteiger partial charge in [-0.05, 0) is 18.4 Å². The summed E-state index contributed by atoms with van der Waals surface area (Å²) in [5.74, 6) is 0.426. The van der Waals surface area contributed by atoms with Crippen molar-refractivity contribution in [3.8, 4) is 0 Å². The lowest BCUT2D eigenvalue weighted by molar-refractivity contribution is -0.104. The Morgan fingerprint density at radius 1 is 1.40 bits per heavy atom. The molecule has 1 nitrogen and oxygen atoms in total. The molecule has 1 heteroatoms. The van der Waals surface area contributed by atoms with Crippen molar-refractivity contribution in [2.24, 2.45) is 5.92 Å². The third-order valence-corrected chi connectivity index (χ3v) is 1.45. The van der Waals surface area contributed by atoms with Gasteiger partial charge in [-0.1, -0.05) is 30.4 Å². The van der Waals surface area contributed by atoms with Gasteiger partial charge in [0.2, 0.25) is 0 Å². The third-order valence-electron chi connectivity index (χ3n) is 1.45. The van der Waals surface area contributed by atoms with Crippen LogP contribution in [0.1, 0.15) is 6.42 Å². The first-order chi connectivity index (χ1) is 4.93. The van der Waals surface area contributed by atoms with Crippen LogP contribution in [0.5, 0.6) is 0 Å². The van der Waals surface area contributed by atoms with Crippen molar-refractivity contribution in [2.45, 2.75) is 6.42 Å². The maximum atomic E-state index is 9.92. The lowest BCUT2D eigenvalue weighted by Crippen LogP contribution is -1.91. The van der Waals surface area contributed by atoms with Gasteiger partial charge in [0.25, 0.3) is 0 Å². The standard InChI is InChI=1S/C9H10O/c10-8-4-7-9-5-2-1-3-6-9/h1-5,7-9H,6H2/b7-4+. The summed E-state index contributed by atoms with van der Waals surface area (Å²) in [4.78, 5) is 9.92. The number of carbonyl (C=O) groups is 1. The van der Waals surface area contributed by atoms with Crippen molar-refractivity contribution in [1.82, 2.24) is 0 Å². The van der Waals surface area contributed by atoms with E-state index in [0.29, 0.717) is 5.92 Å². The van der Waals surface area contributed by atoms with Crippen molar-refractivity contribution >= 4 is 6.29 Å². The Bertz CT molecular complexity index is 187. The maximum Gasteiger partial charge on any atom is 0.142 e. The molecule has 1 aliphatic carbocycles. The number of hydrogen-bond donors (Lipinski definition) is 0. The van der Waals surface area contributed by atoms with Crippen LogP contribution < -0.4 is 0 Å². The molecule has 1 aliphatic rings. The molecule has 52 valence electrons. The lowest BCUT2D eigenvalue weighted by Gasteiger charge is -2.04. The predicted molar refractivity (Wildman–Crippen MR) is 41.6 cm³/mol. The highest BCUT2D eigenvalue weighted by atomic mass is 16.1. The Balaban J connectivity index is 2.43. The molecule has 10 heavy (non-hydrogen) atoms. The second-order valence-electron chi connectivity index (χ2n) is 2.23. The van der Waals surface area contributed by atoms with E-state index in [1.54, 1.807) is 6.08 Å². The predicted octanol–water partition coefficient (Wildman–Crippen LogP) is 1.87. The minimum absolute atomic E-state index is 0.426. The first kappa shape index (κ1) is 7.00. The Hall–Kier alpha value is -1.11. The molecule has 0 aromatic rings. The molecule has 0 aliphatic heterocycles.